The Balaban J connectivity index is 1.94. The molecule has 1 aromatic carbocycles. The maximum absolute atomic E-state index is 13.1. The SMILES string of the molecule is CCCCCCCCCCCCNS(=O)(=O)C1(OC)C=CC(C(=O)Nc2ccccc2)C=C1[N+](=O)[O-]. The molecule has 9 nitrogen and oxygen atoms in total. The molecule has 36 heavy (non-hydrogen) atoms. The second-order valence-electron chi connectivity index (χ2n) is 9.00. The summed E-state index contributed by atoms with van der Waals surface area (Å²) in [5.74, 6) is -1.54. The highest BCUT2D eigenvalue weighted by atomic mass is 32.2. The van der Waals surface area contributed by atoms with Crippen molar-refractivity contribution in [1.82, 2.24) is 4.72 Å². The Morgan fingerprint density at radius 1 is 1.03 bits per heavy atom. The first-order chi connectivity index (χ1) is 17.3. The van der Waals surface area contributed by atoms with Gasteiger partial charge in [0.15, 0.2) is 0 Å². The molecule has 1 amide bonds. The first-order valence-electron chi connectivity index (χ1n) is 12.7. The van der Waals surface area contributed by atoms with Crippen LogP contribution in [0.3, 0.4) is 0 Å². The summed E-state index contributed by atoms with van der Waals surface area (Å²) in [5, 5.41) is 14.5. The smallest absolute Gasteiger partial charge is 0.296 e. The average molecular weight is 522 g/mol. The zero-order valence-corrected chi connectivity index (χ0v) is 22.1. The van der Waals surface area contributed by atoms with E-state index >= 15 is 0 Å². The van der Waals surface area contributed by atoms with E-state index in [-0.39, 0.29) is 6.54 Å². The van der Waals surface area contributed by atoms with Gasteiger partial charge in [0.1, 0.15) is 0 Å². The molecule has 0 bridgehead atoms. The minimum atomic E-state index is -4.31. The van der Waals surface area contributed by atoms with Crippen molar-refractivity contribution in [2.24, 2.45) is 5.92 Å². The van der Waals surface area contributed by atoms with E-state index in [1.165, 1.54) is 44.6 Å². The fraction of sp³-hybridized carbons (Fsp3) is 0.577. The molecule has 2 atom stereocenters. The van der Waals surface area contributed by atoms with Gasteiger partial charge in [0.05, 0.1) is 10.8 Å². The maximum Gasteiger partial charge on any atom is 0.296 e. The second kappa shape index (κ2) is 14.9. The third-order valence-corrected chi connectivity index (χ3v) is 8.18. The molecular formula is C26H39N3O6S. The van der Waals surface area contributed by atoms with Crippen LogP contribution in [0.15, 0.2) is 54.3 Å². The Morgan fingerprint density at radius 3 is 2.17 bits per heavy atom. The molecule has 0 saturated heterocycles. The van der Waals surface area contributed by atoms with Crippen LogP contribution in [0.25, 0.3) is 0 Å². The molecule has 1 aliphatic rings. The van der Waals surface area contributed by atoms with Gasteiger partial charge in [0.25, 0.3) is 20.7 Å². The Hall–Kier alpha value is -2.56. The number of methoxy groups -OCH3 is 1. The average Bonchev–Trinajstić information content (AvgIpc) is 2.87. The molecule has 10 heteroatoms. The molecule has 0 fully saturated rings. The van der Waals surface area contributed by atoms with Crippen LogP contribution >= 0.6 is 0 Å². The van der Waals surface area contributed by atoms with Gasteiger partial charge in [-0.1, -0.05) is 89.0 Å². The number of sulfonamides is 1. The molecule has 2 unspecified atom stereocenters. The number of carbonyl (C=O) groups is 1. The molecule has 2 N–H and O–H groups in total. The standard InChI is InChI=1S/C26H39N3O6S/c1-3-4-5-6-7-8-9-10-11-15-20-27-36(33,34)26(35-2)19-18-22(21-24(26)29(31)32)25(30)28-23-16-13-12-14-17-23/h12-14,16-19,21-22,27H,3-11,15,20H2,1-2H3,(H,28,30). The minimum absolute atomic E-state index is 0.153. The van der Waals surface area contributed by atoms with Crippen LogP contribution in [0.4, 0.5) is 5.69 Å². The van der Waals surface area contributed by atoms with E-state index < -0.39 is 37.4 Å². The van der Waals surface area contributed by atoms with E-state index in [2.05, 4.69) is 17.0 Å². The molecule has 0 aromatic heterocycles. The van der Waals surface area contributed by atoms with Crippen molar-refractivity contribution in [3.05, 3.63) is 64.4 Å². The number of unbranched alkanes of at least 4 members (excludes halogenated alkanes) is 9. The molecular weight excluding hydrogens is 482 g/mol. The number of hydrogen-bond acceptors (Lipinski definition) is 6. The van der Waals surface area contributed by atoms with E-state index in [1.54, 1.807) is 30.3 Å². The molecule has 2 rings (SSSR count). The number of nitro groups is 1. The number of nitrogens with zero attached hydrogens (tertiary/aromatic N) is 1. The largest absolute Gasteiger partial charge is 0.349 e. The van der Waals surface area contributed by atoms with Crippen LogP contribution < -0.4 is 10.0 Å². The summed E-state index contributed by atoms with van der Waals surface area (Å²) in [7, 11) is -3.21. The van der Waals surface area contributed by atoms with Gasteiger partial charge in [-0.3, -0.25) is 14.9 Å². The third kappa shape index (κ3) is 8.25. The first-order valence-corrected chi connectivity index (χ1v) is 14.2. The highest BCUT2D eigenvalue weighted by Crippen LogP contribution is 2.35. The lowest BCUT2D eigenvalue weighted by molar-refractivity contribution is -0.438. The molecule has 0 heterocycles. The van der Waals surface area contributed by atoms with Crippen LogP contribution in [0.2, 0.25) is 0 Å². The van der Waals surface area contributed by atoms with Crippen molar-refractivity contribution in [2.45, 2.75) is 76.1 Å². The summed E-state index contributed by atoms with van der Waals surface area (Å²) in [6, 6.07) is 8.65. The van der Waals surface area contributed by atoms with Gasteiger partial charge in [-0.2, -0.15) is 0 Å². The number of ether oxygens (including phenoxy) is 1. The summed E-state index contributed by atoms with van der Waals surface area (Å²) in [6.07, 6.45) is 14.5. The summed E-state index contributed by atoms with van der Waals surface area (Å²) < 4.78 is 34.0. The van der Waals surface area contributed by atoms with Crippen LogP contribution in [-0.4, -0.2) is 37.8 Å². The number of benzene rings is 1. The second-order valence-corrected chi connectivity index (χ2v) is 10.9. The minimum Gasteiger partial charge on any atom is -0.349 e. The van der Waals surface area contributed by atoms with Gasteiger partial charge >= 0.3 is 0 Å². The molecule has 0 saturated carbocycles. The van der Waals surface area contributed by atoms with Gasteiger partial charge in [0, 0.05) is 25.4 Å². The van der Waals surface area contributed by atoms with E-state index in [0.29, 0.717) is 12.1 Å². The lowest BCUT2D eigenvalue weighted by Crippen LogP contribution is -2.51. The van der Waals surface area contributed by atoms with E-state index in [1.807, 2.05) is 0 Å². The molecule has 200 valence electrons. The van der Waals surface area contributed by atoms with Gasteiger partial charge in [0.2, 0.25) is 5.91 Å². The van der Waals surface area contributed by atoms with Gasteiger partial charge in [-0.25, -0.2) is 13.1 Å². The highest BCUT2D eigenvalue weighted by molar-refractivity contribution is 7.91. The predicted octanol–water partition coefficient (Wildman–Crippen LogP) is 5.15. The fourth-order valence-electron chi connectivity index (χ4n) is 4.19. The lowest BCUT2D eigenvalue weighted by atomic mass is 9.98. The fourth-order valence-corrected chi connectivity index (χ4v) is 5.71. The van der Waals surface area contributed by atoms with E-state index in [9.17, 15) is 23.3 Å². The lowest BCUT2D eigenvalue weighted by Gasteiger charge is -2.29. The number of carbonyl (C=O) groups excluding carboxylic acids is 1. The van der Waals surface area contributed by atoms with Gasteiger partial charge in [-0.05, 0) is 24.6 Å². The molecule has 1 aromatic rings. The van der Waals surface area contributed by atoms with Crippen molar-refractivity contribution in [3.8, 4) is 0 Å². The summed E-state index contributed by atoms with van der Waals surface area (Å²) in [4.78, 5) is 21.4. The molecule has 0 aliphatic heterocycles. The summed E-state index contributed by atoms with van der Waals surface area (Å²) in [5.41, 5.74) is -0.183. The number of nitrogens with one attached hydrogen (secondary N) is 2. The van der Waals surface area contributed by atoms with E-state index in [4.69, 9.17) is 4.74 Å². The number of rotatable bonds is 17. The van der Waals surface area contributed by atoms with E-state index in [0.717, 1.165) is 38.5 Å². The Labute approximate surface area is 214 Å². The van der Waals surface area contributed by atoms with Crippen molar-refractivity contribution in [2.75, 3.05) is 19.0 Å². The third-order valence-electron chi connectivity index (χ3n) is 6.28. The normalized spacial score (nSPS) is 19.6. The first kappa shape index (κ1) is 29.7. The highest BCUT2D eigenvalue weighted by Gasteiger charge is 2.55. The predicted molar refractivity (Wildman–Crippen MR) is 141 cm³/mol. The quantitative estimate of drug-likeness (QED) is 0.126. The summed E-state index contributed by atoms with van der Waals surface area (Å²) >= 11 is 0. The Bertz CT molecular complexity index is 1010. The van der Waals surface area contributed by atoms with Crippen molar-refractivity contribution >= 4 is 21.6 Å². The van der Waals surface area contributed by atoms with Crippen molar-refractivity contribution < 1.29 is 22.9 Å². The number of para-hydroxylation sites is 1. The van der Waals surface area contributed by atoms with Crippen molar-refractivity contribution in [1.29, 1.82) is 0 Å². The zero-order chi connectivity index (χ0) is 26.4. The summed E-state index contributed by atoms with van der Waals surface area (Å²) in [6.45, 7) is 2.35. The Kier molecular flexibility index (Phi) is 12.3. The van der Waals surface area contributed by atoms with Crippen molar-refractivity contribution in [3.63, 3.8) is 0 Å². The monoisotopic (exact) mass is 521 g/mol. The van der Waals surface area contributed by atoms with Crippen LogP contribution in [0, 0.1) is 16.0 Å². The number of anilines is 1. The van der Waals surface area contributed by atoms with Gasteiger partial charge in [-0.15, -0.1) is 0 Å². The topological polar surface area (TPSA) is 128 Å². The number of hydrogen-bond donors (Lipinski definition) is 2. The van der Waals surface area contributed by atoms with Crippen LogP contribution in [-0.2, 0) is 19.6 Å². The van der Waals surface area contributed by atoms with Crippen LogP contribution in [0.1, 0.15) is 71.1 Å². The molecule has 0 spiro atoms. The van der Waals surface area contributed by atoms with Gasteiger partial charge < -0.3 is 10.1 Å². The Morgan fingerprint density at radius 2 is 1.61 bits per heavy atom. The maximum atomic E-state index is 13.1. The molecule has 1 aliphatic carbocycles. The number of amides is 1. The molecule has 0 radical (unpaired) electrons. The zero-order valence-electron chi connectivity index (χ0n) is 21.3. The van der Waals surface area contributed by atoms with Crippen LogP contribution in [0.5, 0.6) is 0 Å².